The lowest BCUT2D eigenvalue weighted by Gasteiger charge is -2.17. The number of aryl methyl sites for hydroxylation is 1. The Morgan fingerprint density at radius 3 is 2.89 bits per heavy atom. The van der Waals surface area contributed by atoms with Gasteiger partial charge in [0.25, 0.3) is 0 Å². The van der Waals surface area contributed by atoms with Gasteiger partial charge in [-0.05, 0) is 54.1 Å². The Balaban J connectivity index is 1.99. The molecule has 3 heteroatoms. The van der Waals surface area contributed by atoms with Gasteiger partial charge in [0, 0.05) is 16.0 Å². The Labute approximate surface area is 109 Å². The van der Waals surface area contributed by atoms with Gasteiger partial charge >= 0.3 is 0 Å². The summed E-state index contributed by atoms with van der Waals surface area (Å²) in [5.41, 5.74) is 2.53. The fourth-order valence-electron chi connectivity index (χ4n) is 2.25. The van der Waals surface area contributed by atoms with E-state index in [-0.39, 0.29) is 11.5 Å². The van der Waals surface area contributed by atoms with Gasteiger partial charge in [-0.15, -0.1) is 11.3 Å². The minimum absolute atomic E-state index is 0.0876. The van der Waals surface area contributed by atoms with E-state index in [9.17, 15) is 9.90 Å². The van der Waals surface area contributed by atoms with Gasteiger partial charge in [-0.1, -0.05) is 6.07 Å². The Kier molecular flexibility index (Phi) is 2.76. The van der Waals surface area contributed by atoms with Gasteiger partial charge in [0.2, 0.25) is 0 Å². The number of phenols is 1. The lowest BCUT2D eigenvalue weighted by atomic mass is 9.86. The molecular weight excluding hydrogens is 244 g/mol. The zero-order valence-corrected chi connectivity index (χ0v) is 10.5. The van der Waals surface area contributed by atoms with Crippen LogP contribution in [-0.2, 0) is 6.42 Å². The van der Waals surface area contributed by atoms with Crippen molar-refractivity contribution in [2.45, 2.75) is 12.8 Å². The maximum absolute atomic E-state index is 12.3. The molecule has 0 fully saturated rings. The Bertz CT molecular complexity index is 624. The van der Waals surface area contributed by atoms with E-state index in [0.29, 0.717) is 0 Å². The average Bonchev–Trinajstić information content (AvgIpc) is 2.85. The summed E-state index contributed by atoms with van der Waals surface area (Å²) in [5.74, 6) is 0.317. The number of ketones is 1. The molecule has 1 N–H and O–H groups in total. The predicted octanol–water partition coefficient (Wildman–Crippen LogP) is 3.67. The summed E-state index contributed by atoms with van der Waals surface area (Å²) in [6, 6.07) is 8.97. The van der Waals surface area contributed by atoms with Crippen molar-refractivity contribution in [3.8, 4) is 5.75 Å². The highest BCUT2D eigenvalue weighted by atomic mass is 32.1. The third-order valence-corrected chi connectivity index (χ3v) is 3.97. The number of carbonyl (C=O) groups is 1. The van der Waals surface area contributed by atoms with Crippen LogP contribution in [0.15, 0.2) is 41.3 Å². The number of thiophene rings is 1. The lowest BCUT2D eigenvalue weighted by molar-refractivity contribution is 0.102. The van der Waals surface area contributed by atoms with Crippen molar-refractivity contribution in [1.29, 1.82) is 0 Å². The van der Waals surface area contributed by atoms with Crippen molar-refractivity contribution >= 4 is 23.2 Å². The van der Waals surface area contributed by atoms with Crippen molar-refractivity contribution < 1.29 is 9.90 Å². The van der Waals surface area contributed by atoms with Gasteiger partial charge in [0.05, 0.1) is 0 Å². The Hall–Kier alpha value is -1.87. The number of hydrogen-bond acceptors (Lipinski definition) is 3. The van der Waals surface area contributed by atoms with Gasteiger partial charge < -0.3 is 5.11 Å². The van der Waals surface area contributed by atoms with E-state index in [1.807, 2.05) is 23.6 Å². The first-order chi connectivity index (χ1) is 8.74. The second-order valence-electron chi connectivity index (χ2n) is 4.36. The third kappa shape index (κ3) is 1.97. The van der Waals surface area contributed by atoms with Crippen LogP contribution in [-0.4, -0.2) is 10.9 Å². The highest BCUT2D eigenvalue weighted by molar-refractivity contribution is 7.10. The zero-order valence-electron chi connectivity index (χ0n) is 9.72. The van der Waals surface area contributed by atoms with Crippen LogP contribution in [0.25, 0.3) is 6.08 Å². The van der Waals surface area contributed by atoms with Crippen molar-refractivity contribution in [3.05, 3.63) is 57.3 Å². The highest BCUT2D eigenvalue weighted by Crippen LogP contribution is 2.29. The van der Waals surface area contributed by atoms with Crippen LogP contribution in [0, 0.1) is 0 Å². The molecule has 3 rings (SSSR count). The molecule has 0 unspecified atom stereocenters. The molecule has 0 radical (unpaired) electrons. The molecule has 1 aliphatic rings. The van der Waals surface area contributed by atoms with Crippen LogP contribution in [0.4, 0.5) is 0 Å². The molecule has 1 aromatic heterocycles. The lowest BCUT2D eigenvalue weighted by Crippen LogP contribution is -2.13. The van der Waals surface area contributed by atoms with Crippen LogP contribution in [0.3, 0.4) is 0 Å². The van der Waals surface area contributed by atoms with E-state index in [1.54, 1.807) is 29.5 Å². The normalized spacial score (nSPS) is 16.9. The first-order valence-electron chi connectivity index (χ1n) is 5.85. The molecule has 2 aromatic rings. The Morgan fingerprint density at radius 1 is 1.22 bits per heavy atom. The molecule has 0 atom stereocenters. The minimum atomic E-state index is 0.0876. The summed E-state index contributed by atoms with van der Waals surface area (Å²) in [7, 11) is 0. The minimum Gasteiger partial charge on any atom is -0.508 e. The van der Waals surface area contributed by atoms with E-state index >= 15 is 0 Å². The topological polar surface area (TPSA) is 37.3 Å². The Morgan fingerprint density at radius 2 is 2.11 bits per heavy atom. The molecule has 1 aromatic carbocycles. The van der Waals surface area contributed by atoms with Crippen molar-refractivity contribution in [1.82, 2.24) is 0 Å². The quantitative estimate of drug-likeness (QED) is 0.790. The monoisotopic (exact) mass is 256 g/mol. The van der Waals surface area contributed by atoms with Crippen LogP contribution in [0.2, 0.25) is 0 Å². The van der Waals surface area contributed by atoms with E-state index < -0.39 is 0 Å². The zero-order chi connectivity index (χ0) is 12.5. The maximum Gasteiger partial charge on any atom is 0.189 e. The smallest absolute Gasteiger partial charge is 0.189 e. The molecule has 0 saturated heterocycles. The first-order valence-corrected chi connectivity index (χ1v) is 6.73. The molecule has 0 spiro atoms. The third-order valence-electron chi connectivity index (χ3n) is 3.15. The fourth-order valence-corrected chi connectivity index (χ4v) is 2.93. The van der Waals surface area contributed by atoms with Crippen LogP contribution in [0.1, 0.15) is 27.2 Å². The van der Waals surface area contributed by atoms with Gasteiger partial charge in [-0.2, -0.15) is 0 Å². The standard InChI is InChI=1S/C15H12O2S/c16-12-5-6-14-10(8-12)3-4-11(15(14)17)9-13-2-1-7-18-13/h1-2,5-9,16H,3-4H2/b11-9+. The number of aromatic hydroxyl groups is 1. The number of Topliss-reactive ketones (excluding diaryl/α,β-unsaturated/α-hetero) is 1. The van der Waals surface area contributed by atoms with E-state index in [0.717, 1.165) is 34.4 Å². The second-order valence-corrected chi connectivity index (χ2v) is 5.33. The average molecular weight is 256 g/mol. The van der Waals surface area contributed by atoms with Crippen LogP contribution in [0.5, 0.6) is 5.75 Å². The summed E-state index contributed by atoms with van der Waals surface area (Å²) in [5, 5.41) is 11.4. The highest BCUT2D eigenvalue weighted by Gasteiger charge is 2.21. The fraction of sp³-hybridized carbons (Fsp3) is 0.133. The number of phenolic OH excluding ortho intramolecular Hbond substituents is 1. The number of carbonyl (C=O) groups excluding carboxylic acids is 1. The molecular formula is C15H12O2S. The van der Waals surface area contributed by atoms with Gasteiger partial charge in [0.15, 0.2) is 5.78 Å². The van der Waals surface area contributed by atoms with E-state index in [4.69, 9.17) is 0 Å². The van der Waals surface area contributed by atoms with Crippen LogP contribution >= 0.6 is 11.3 Å². The molecule has 90 valence electrons. The molecule has 0 bridgehead atoms. The van der Waals surface area contributed by atoms with E-state index in [2.05, 4.69) is 0 Å². The second kappa shape index (κ2) is 4.42. The molecule has 1 aliphatic carbocycles. The van der Waals surface area contributed by atoms with Crippen molar-refractivity contribution in [3.63, 3.8) is 0 Å². The molecule has 2 nitrogen and oxygen atoms in total. The predicted molar refractivity (Wildman–Crippen MR) is 73.1 cm³/mol. The van der Waals surface area contributed by atoms with Crippen molar-refractivity contribution in [2.75, 3.05) is 0 Å². The molecule has 1 heterocycles. The molecule has 0 aliphatic heterocycles. The number of hydrogen-bond donors (Lipinski definition) is 1. The SMILES string of the molecule is O=C1/C(=C/c2cccs2)CCc2cc(O)ccc21. The van der Waals surface area contributed by atoms with E-state index in [1.165, 1.54) is 0 Å². The molecule has 0 saturated carbocycles. The summed E-state index contributed by atoms with van der Waals surface area (Å²) in [6.45, 7) is 0. The molecule has 18 heavy (non-hydrogen) atoms. The summed E-state index contributed by atoms with van der Waals surface area (Å²) >= 11 is 1.63. The molecule has 0 amide bonds. The first kappa shape index (κ1) is 11.2. The maximum atomic E-state index is 12.3. The van der Waals surface area contributed by atoms with Crippen LogP contribution < -0.4 is 0 Å². The number of benzene rings is 1. The summed E-state index contributed by atoms with van der Waals surface area (Å²) in [4.78, 5) is 13.4. The van der Waals surface area contributed by atoms with Gasteiger partial charge in [-0.3, -0.25) is 4.79 Å². The number of allylic oxidation sites excluding steroid dienone is 1. The summed E-state index contributed by atoms with van der Waals surface area (Å²) < 4.78 is 0. The van der Waals surface area contributed by atoms with Gasteiger partial charge in [-0.25, -0.2) is 0 Å². The largest absolute Gasteiger partial charge is 0.508 e. The summed E-state index contributed by atoms with van der Waals surface area (Å²) in [6.07, 6.45) is 3.53. The number of fused-ring (bicyclic) bond motifs is 1. The number of rotatable bonds is 1. The van der Waals surface area contributed by atoms with Gasteiger partial charge in [0.1, 0.15) is 5.75 Å². The van der Waals surface area contributed by atoms with Crippen molar-refractivity contribution in [2.24, 2.45) is 0 Å².